The van der Waals surface area contributed by atoms with Crippen LogP contribution in [0.4, 0.5) is 23.7 Å². The second-order valence-corrected chi connectivity index (χ2v) is 6.07. The first kappa shape index (κ1) is 19.5. The summed E-state index contributed by atoms with van der Waals surface area (Å²) in [6.45, 7) is 0.481. The Bertz CT molecular complexity index is 852. The molecule has 3 N–H and O–H groups in total. The zero-order valence-corrected chi connectivity index (χ0v) is 14.6. The minimum Gasteiger partial charge on any atom is -0.463 e. The smallest absolute Gasteiger partial charge is 0.418 e. The number of aromatic nitrogens is 1. The first-order valence-corrected chi connectivity index (χ1v) is 8.37. The van der Waals surface area contributed by atoms with E-state index in [0.717, 1.165) is 30.5 Å². The van der Waals surface area contributed by atoms with Crippen LogP contribution in [0, 0.1) is 0 Å². The number of carbonyl (C=O) groups excluding carboxylic acids is 1. The van der Waals surface area contributed by atoms with E-state index in [0.29, 0.717) is 18.5 Å². The van der Waals surface area contributed by atoms with Gasteiger partial charge in [0.2, 0.25) is 5.88 Å². The summed E-state index contributed by atoms with van der Waals surface area (Å²) in [6.07, 6.45) is -3.20. The third-order valence-electron chi connectivity index (χ3n) is 3.96. The lowest BCUT2D eigenvalue weighted by Gasteiger charge is -2.09. The number of nitrogens with one attached hydrogen (secondary N) is 1. The summed E-state index contributed by atoms with van der Waals surface area (Å²) in [6, 6.07) is 9.10. The molecule has 1 aromatic heterocycles. The molecule has 10 heteroatoms. The fraction of sp³-hybridized carbons (Fsp3) is 0.278. The zero-order valence-electron chi connectivity index (χ0n) is 14.6. The minimum absolute atomic E-state index is 0.0454. The number of halogens is 3. The average molecular weight is 394 g/mol. The number of alkyl halides is 3. The molecule has 28 heavy (non-hydrogen) atoms. The van der Waals surface area contributed by atoms with Crippen molar-refractivity contribution in [3.63, 3.8) is 0 Å². The number of aliphatic imine (C=N–C) groups is 1. The molecule has 0 fully saturated rings. The van der Waals surface area contributed by atoms with Crippen molar-refractivity contribution in [2.45, 2.75) is 25.1 Å². The highest BCUT2D eigenvalue weighted by Crippen LogP contribution is 2.29. The highest BCUT2D eigenvalue weighted by atomic mass is 19.4. The van der Waals surface area contributed by atoms with Gasteiger partial charge in [0, 0.05) is 18.0 Å². The maximum absolute atomic E-state index is 12.5. The SMILES string of the molecule is NC1=N[C@@H](CCc2ccc(NC(=O)Oc3ccc(C(F)(F)F)cn3)cc2)CO1. The molecule has 3 rings (SSSR count). The van der Waals surface area contributed by atoms with Crippen molar-refractivity contribution < 1.29 is 27.4 Å². The largest absolute Gasteiger partial charge is 0.463 e. The topological polar surface area (TPSA) is 98.8 Å². The molecule has 2 heterocycles. The van der Waals surface area contributed by atoms with Crippen LogP contribution in [0.15, 0.2) is 47.6 Å². The van der Waals surface area contributed by atoms with Gasteiger partial charge in [-0.3, -0.25) is 5.32 Å². The van der Waals surface area contributed by atoms with Crippen LogP contribution in [-0.4, -0.2) is 29.7 Å². The van der Waals surface area contributed by atoms with Crippen LogP contribution in [0.5, 0.6) is 5.88 Å². The van der Waals surface area contributed by atoms with Crippen molar-refractivity contribution in [3.05, 3.63) is 53.7 Å². The Hall–Kier alpha value is -3.30. The maximum Gasteiger partial charge on any atom is 0.418 e. The molecule has 0 aliphatic carbocycles. The van der Waals surface area contributed by atoms with Gasteiger partial charge in [-0.2, -0.15) is 13.2 Å². The third kappa shape index (κ3) is 5.35. The Morgan fingerprint density at radius 1 is 1.25 bits per heavy atom. The number of amidine groups is 1. The van der Waals surface area contributed by atoms with Crippen molar-refractivity contribution in [1.82, 2.24) is 4.98 Å². The normalized spacial score (nSPS) is 16.2. The number of hydrogen-bond donors (Lipinski definition) is 2. The first-order chi connectivity index (χ1) is 13.3. The van der Waals surface area contributed by atoms with E-state index < -0.39 is 17.8 Å². The molecule has 0 saturated heterocycles. The van der Waals surface area contributed by atoms with Crippen LogP contribution in [0.1, 0.15) is 17.5 Å². The summed E-state index contributed by atoms with van der Waals surface area (Å²) >= 11 is 0. The van der Waals surface area contributed by atoms with Gasteiger partial charge in [-0.1, -0.05) is 12.1 Å². The van der Waals surface area contributed by atoms with E-state index in [4.69, 9.17) is 15.2 Å². The molecule has 1 amide bonds. The summed E-state index contributed by atoms with van der Waals surface area (Å²) in [5, 5.41) is 2.48. The first-order valence-electron chi connectivity index (χ1n) is 8.37. The molecule has 148 valence electrons. The quantitative estimate of drug-likeness (QED) is 0.810. The number of hydrogen-bond acceptors (Lipinski definition) is 6. The minimum atomic E-state index is -4.50. The summed E-state index contributed by atoms with van der Waals surface area (Å²) < 4.78 is 47.4. The Balaban J connectivity index is 1.49. The van der Waals surface area contributed by atoms with E-state index in [9.17, 15) is 18.0 Å². The van der Waals surface area contributed by atoms with Crippen LogP contribution in [0.3, 0.4) is 0 Å². The van der Waals surface area contributed by atoms with Gasteiger partial charge in [-0.25, -0.2) is 14.8 Å². The third-order valence-corrected chi connectivity index (χ3v) is 3.96. The van der Waals surface area contributed by atoms with Crippen LogP contribution >= 0.6 is 0 Å². The Morgan fingerprint density at radius 3 is 2.57 bits per heavy atom. The van der Waals surface area contributed by atoms with E-state index in [-0.39, 0.29) is 17.9 Å². The zero-order chi connectivity index (χ0) is 20.1. The molecule has 0 spiro atoms. The lowest BCUT2D eigenvalue weighted by Crippen LogP contribution is -2.17. The predicted molar refractivity (Wildman–Crippen MR) is 95.0 cm³/mol. The number of amides is 1. The molecule has 1 atom stereocenters. The van der Waals surface area contributed by atoms with E-state index in [1.165, 1.54) is 0 Å². The number of rotatable bonds is 5. The highest BCUT2D eigenvalue weighted by molar-refractivity contribution is 5.86. The summed E-state index contributed by atoms with van der Waals surface area (Å²) in [7, 11) is 0. The van der Waals surface area contributed by atoms with E-state index in [1.807, 2.05) is 12.1 Å². The number of nitrogens with two attached hydrogens (primary N) is 1. The summed E-state index contributed by atoms with van der Waals surface area (Å²) in [5.41, 5.74) is 6.06. The molecule has 1 aromatic carbocycles. The van der Waals surface area contributed by atoms with Crippen molar-refractivity contribution in [1.29, 1.82) is 0 Å². The number of aryl methyl sites for hydroxylation is 1. The van der Waals surface area contributed by atoms with Crippen molar-refractivity contribution >= 4 is 17.8 Å². The Morgan fingerprint density at radius 2 is 2.00 bits per heavy atom. The van der Waals surface area contributed by atoms with Crippen molar-refractivity contribution in [2.24, 2.45) is 10.7 Å². The number of ether oxygens (including phenoxy) is 2. The molecule has 0 radical (unpaired) electrons. The number of pyridine rings is 1. The summed E-state index contributed by atoms with van der Waals surface area (Å²) in [4.78, 5) is 19.5. The molecular formula is C18H17F3N4O3. The second kappa shape index (κ2) is 8.15. The lowest BCUT2D eigenvalue weighted by molar-refractivity contribution is -0.137. The second-order valence-electron chi connectivity index (χ2n) is 6.07. The van der Waals surface area contributed by atoms with Gasteiger partial charge < -0.3 is 15.2 Å². The van der Waals surface area contributed by atoms with Crippen molar-refractivity contribution in [2.75, 3.05) is 11.9 Å². The number of anilines is 1. The van der Waals surface area contributed by atoms with Gasteiger partial charge >= 0.3 is 12.3 Å². The highest BCUT2D eigenvalue weighted by Gasteiger charge is 2.30. The molecule has 7 nitrogen and oxygen atoms in total. The number of benzene rings is 1. The Labute approximate surface area is 158 Å². The van der Waals surface area contributed by atoms with E-state index in [2.05, 4.69) is 15.3 Å². The number of nitrogens with zero attached hydrogens (tertiary/aromatic N) is 2. The monoisotopic (exact) mass is 394 g/mol. The van der Waals surface area contributed by atoms with Crippen molar-refractivity contribution in [3.8, 4) is 5.88 Å². The standard InChI is InChI=1S/C18H17F3N4O3/c19-18(20,21)12-4-8-15(23-9-12)28-17(26)25-13-5-1-11(2-6-13)3-7-14-10-27-16(22)24-14/h1-2,4-6,8-9,14H,3,7,10H2,(H2,22,24)(H,25,26)/t14-/m0/s1. The van der Waals surface area contributed by atoms with Gasteiger partial charge in [0.1, 0.15) is 6.61 Å². The molecule has 0 bridgehead atoms. The van der Waals surface area contributed by atoms with Crippen LogP contribution in [-0.2, 0) is 17.3 Å². The van der Waals surface area contributed by atoms with Crippen LogP contribution in [0.25, 0.3) is 0 Å². The van der Waals surface area contributed by atoms with Gasteiger partial charge in [0.15, 0.2) is 0 Å². The summed E-state index contributed by atoms with van der Waals surface area (Å²) in [5.74, 6) is -0.235. The number of carbonyl (C=O) groups is 1. The van der Waals surface area contributed by atoms with E-state index in [1.54, 1.807) is 12.1 Å². The van der Waals surface area contributed by atoms with Gasteiger partial charge in [0.25, 0.3) is 6.02 Å². The fourth-order valence-electron chi connectivity index (χ4n) is 2.52. The van der Waals surface area contributed by atoms with Gasteiger partial charge in [-0.15, -0.1) is 0 Å². The predicted octanol–water partition coefficient (Wildman–Crippen LogP) is 3.36. The molecule has 0 unspecified atom stereocenters. The van der Waals surface area contributed by atoms with Crippen LogP contribution < -0.4 is 15.8 Å². The van der Waals surface area contributed by atoms with E-state index >= 15 is 0 Å². The maximum atomic E-state index is 12.5. The van der Waals surface area contributed by atoms with Gasteiger partial charge in [0.05, 0.1) is 11.6 Å². The lowest BCUT2D eigenvalue weighted by atomic mass is 10.1. The molecule has 2 aromatic rings. The fourth-order valence-corrected chi connectivity index (χ4v) is 2.52. The molecular weight excluding hydrogens is 377 g/mol. The molecule has 1 aliphatic heterocycles. The average Bonchev–Trinajstić information content (AvgIpc) is 3.06. The molecule has 0 saturated carbocycles. The Kier molecular flexibility index (Phi) is 5.67. The van der Waals surface area contributed by atoms with Crippen LogP contribution in [0.2, 0.25) is 0 Å². The molecule has 1 aliphatic rings. The van der Waals surface area contributed by atoms with Gasteiger partial charge in [-0.05, 0) is 36.6 Å².